The van der Waals surface area contributed by atoms with E-state index in [0.717, 1.165) is 14.1 Å². The monoisotopic (exact) mass is 286 g/mol. The summed E-state index contributed by atoms with van der Waals surface area (Å²) in [5.41, 5.74) is 0. The fourth-order valence-corrected chi connectivity index (χ4v) is 2.65. The average molecular weight is 286 g/mol. The van der Waals surface area contributed by atoms with Crippen LogP contribution in [0.1, 0.15) is 0 Å². The van der Waals surface area contributed by atoms with Crippen LogP contribution < -0.4 is 14.1 Å². The molecule has 1 aromatic heterocycles. The lowest BCUT2D eigenvalue weighted by molar-refractivity contribution is 1.19. The van der Waals surface area contributed by atoms with Crippen molar-refractivity contribution in [2.75, 3.05) is 0 Å². The molecule has 1 aromatic rings. The van der Waals surface area contributed by atoms with Crippen molar-refractivity contribution in [3.05, 3.63) is 0 Å². The Kier molecular flexibility index (Phi) is 4.13. The van der Waals surface area contributed by atoms with Gasteiger partial charge in [0.2, 0.25) is 32.6 Å². The van der Waals surface area contributed by atoms with Crippen LogP contribution in [0.4, 0.5) is 0 Å². The van der Waals surface area contributed by atoms with E-state index in [-0.39, 0.29) is 11.9 Å². The van der Waals surface area contributed by atoms with Crippen LogP contribution in [0.3, 0.4) is 0 Å². The second-order valence-electron chi connectivity index (χ2n) is 1.52. The maximum Gasteiger partial charge on any atom is 0.419 e. The molecule has 1 rings (SSSR count). The molecular formula is C3Al3IN3. The summed E-state index contributed by atoms with van der Waals surface area (Å²) in [6.45, 7) is 0. The number of rotatable bonds is 1. The van der Waals surface area contributed by atoms with Crippen LogP contribution in [0.25, 0.3) is 0 Å². The van der Waals surface area contributed by atoms with Gasteiger partial charge >= 0.3 is 11.9 Å². The zero-order valence-corrected chi connectivity index (χ0v) is 10.6. The summed E-state index contributed by atoms with van der Waals surface area (Å²) >= 11 is 7.39. The fraction of sp³-hybridized carbons (Fsp3) is 0. The lowest BCUT2D eigenvalue weighted by Gasteiger charge is -1.99. The van der Waals surface area contributed by atoms with Crippen LogP contribution >= 0.6 is 20.3 Å². The first-order valence-corrected chi connectivity index (χ1v) is 8.33. The smallest absolute Gasteiger partial charge is 0.263 e. The first-order valence-electron chi connectivity index (χ1n) is 2.43. The number of aromatic nitrogens is 3. The third kappa shape index (κ3) is 2.76. The van der Waals surface area contributed by atoms with E-state index in [2.05, 4.69) is 67.8 Å². The second kappa shape index (κ2) is 4.38. The molecule has 3 nitrogen and oxygen atoms in total. The van der Waals surface area contributed by atoms with Crippen LogP contribution in [0, 0.1) is 0 Å². The molecule has 5 radical (unpaired) electrons. The van der Waals surface area contributed by atoms with Gasteiger partial charge in [0.25, 0.3) is 0 Å². The molecule has 0 saturated carbocycles. The second-order valence-corrected chi connectivity index (χ2v) is 5.15. The summed E-state index contributed by atoms with van der Waals surface area (Å²) in [5.74, 6) is 0. The summed E-state index contributed by atoms with van der Waals surface area (Å²) in [6.07, 6.45) is 0. The SMILES string of the molecule is [Al][c]1n[c]([Al])n[c]([Al][I])n1. The lowest BCUT2D eigenvalue weighted by Crippen LogP contribution is -2.38. The van der Waals surface area contributed by atoms with Gasteiger partial charge in [-0.15, -0.1) is 0 Å². The van der Waals surface area contributed by atoms with Gasteiger partial charge < -0.3 is 0 Å². The normalized spacial score (nSPS) is 9.30. The van der Waals surface area contributed by atoms with E-state index in [4.69, 9.17) is 0 Å². The predicted octanol–water partition coefficient (Wildman–Crippen LogP) is -2.86. The van der Waals surface area contributed by atoms with Crippen molar-refractivity contribution in [2.45, 2.75) is 0 Å². The lowest BCUT2D eigenvalue weighted by atomic mass is 11.0. The Labute approximate surface area is 92.7 Å². The van der Waals surface area contributed by atoms with Gasteiger partial charge in [0, 0.05) is 9.37 Å². The van der Waals surface area contributed by atoms with E-state index < -0.39 is 0 Å². The Morgan fingerprint density at radius 3 is 2.00 bits per heavy atom. The summed E-state index contributed by atoms with van der Waals surface area (Å²) in [6, 6.07) is 0. The largest absolute Gasteiger partial charge is 0.419 e. The third-order valence-corrected chi connectivity index (χ3v) is 3.43. The van der Waals surface area contributed by atoms with Crippen molar-refractivity contribution in [1.29, 1.82) is 0 Å². The molecule has 0 atom stereocenters. The summed E-state index contributed by atoms with van der Waals surface area (Å²) in [5, 5.41) is 0. The average Bonchev–Trinajstić information content (AvgIpc) is 1.85. The molecule has 0 aliphatic rings. The molecule has 0 amide bonds. The first kappa shape index (κ1) is 9.43. The Balaban J connectivity index is 3.06. The maximum atomic E-state index is 4.11. The highest BCUT2D eigenvalue weighted by molar-refractivity contribution is 14.1. The van der Waals surface area contributed by atoms with E-state index in [1.54, 1.807) is 0 Å². The molecule has 0 unspecified atom stereocenters. The zero-order valence-electron chi connectivity index (χ0n) is 4.95. The molecule has 0 saturated heterocycles. The van der Waals surface area contributed by atoms with E-state index in [0.29, 0.717) is 0 Å². The van der Waals surface area contributed by atoms with Crippen molar-refractivity contribution < 1.29 is 0 Å². The standard InChI is InChI=1S/C3N3.3Al.HI/c1-4-2-6-3-5-1;;;;/h;;;;1H/q;;;+1;/p-1. The zero-order chi connectivity index (χ0) is 7.56. The van der Waals surface area contributed by atoms with Crippen molar-refractivity contribution in [3.8, 4) is 0 Å². The number of hydrogen-bond donors (Lipinski definition) is 0. The molecule has 0 N–H and O–H groups in total. The molecule has 7 heteroatoms. The molecule has 0 aliphatic carbocycles. The molecule has 0 bridgehead atoms. The number of hydrogen-bond acceptors (Lipinski definition) is 3. The van der Waals surface area contributed by atoms with Crippen LogP contribution in [0.15, 0.2) is 0 Å². The van der Waals surface area contributed by atoms with Gasteiger partial charge in [-0.3, -0.25) is 15.0 Å². The van der Waals surface area contributed by atoms with E-state index in [1.165, 1.54) is 0 Å². The van der Waals surface area contributed by atoms with Crippen molar-refractivity contribution in [3.63, 3.8) is 0 Å². The minimum Gasteiger partial charge on any atom is -0.263 e. The van der Waals surface area contributed by atoms with Gasteiger partial charge in [0.05, 0.1) is 4.69 Å². The van der Waals surface area contributed by atoms with E-state index in [9.17, 15) is 0 Å². The number of halogens is 1. The topological polar surface area (TPSA) is 38.7 Å². The molecule has 0 aromatic carbocycles. The van der Waals surface area contributed by atoms with Crippen molar-refractivity contribution in [2.24, 2.45) is 0 Å². The van der Waals surface area contributed by atoms with E-state index >= 15 is 0 Å². The Bertz CT molecular complexity index is 222. The molecule has 0 fully saturated rings. The summed E-state index contributed by atoms with van der Waals surface area (Å²) in [4.78, 5) is 12.2. The quantitative estimate of drug-likeness (QED) is 0.412. The third-order valence-electron chi connectivity index (χ3n) is 0.785. The van der Waals surface area contributed by atoms with Gasteiger partial charge in [0.15, 0.2) is 0 Å². The van der Waals surface area contributed by atoms with Crippen LogP contribution in [0.2, 0.25) is 0 Å². The number of nitrogens with zero attached hydrogens (tertiary/aromatic N) is 3. The van der Waals surface area contributed by atoms with Gasteiger partial charge in [-0.2, -0.15) is 0 Å². The molecule has 43 valence electrons. The van der Waals surface area contributed by atoms with Gasteiger partial charge in [0.1, 0.15) is 0 Å². The van der Waals surface area contributed by atoms with Gasteiger partial charge in [-0.05, 0) is 0 Å². The molecule has 10 heavy (non-hydrogen) atoms. The Morgan fingerprint density at radius 2 is 1.60 bits per heavy atom. The molecular weight excluding hydrogens is 286 g/mol. The Hall–Kier alpha value is 1.34. The molecule has 0 aliphatic heterocycles. The predicted molar refractivity (Wildman–Crippen MR) is 50.0 cm³/mol. The summed E-state index contributed by atoms with van der Waals surface area (Å²) in [7, 11) is 0. The minimum atomic E-state index is 0.167. The highest BCUT2D eigenvalue weighted by atomic mass is 127. The van der Waals surface area contributed by atoms with Crippen LogP contribution in [-0.2, 0) is 0 Å². The fourth-order valence-electron chi connectivity index (χ4n) is 0.476. The molecule has 1 heterocycles. The van der Waals surface area contributed by atoms with Crippen molar-refractivity contribution >= 4 is 78.8 Å². The highest BCUT2D eigenvalue weighted by Gasteiger charge is 1.97. The highest BCUT2D eigenvalue weighted by Crippen LogP contribution is 1.68. The van der Waals surface area contributed by atoms with Gasteiger partial charge in [-0.1, -0.05) is 0 Å². The first-order chi connectivity index (χ1) is 4.72. The van der Waals surface area contributed by atoms with Gasteiger partial charge in [-0.25, -0.2) is 20.3 Å². The van der Waals surface area contributed by atoms with Crippen LogP contribution in [0.5, 0.6) is 0 Å². The molecule has 0 spiro atoms. The Morgan fingerprint density at radius 1 is 1.10 bits per heavy atom. The minimum absolute atomic E-state index is 0.167. The van der Waals surface area contributed by atoms with E-state index in [1.807, 2.05) is 0 Å². The van der Waals surface area contributed by atoms with Crippen molar-refractivity contribution in [1.82, 2.24) is 15.0 Å². The summed E-state index contributed by atoms with van der Waals surface area (Å²) < 4.78 is 2.35. The van der Waals surface area contributed by atoms with Crippen LogP contribution in [-0.4, -0.2) is 59.5 Å². The maximum absolute atomic E-state index is 4.11.